The second kappa shape index (κ2) is 13.0. The Hall–Kier alpha value is -3.11. The highest BCUT2D eigenvalue weighted by atomic mass is 19.4. The number of anilines is 2. The summed E-state index contributed by atoms with van der Waals surface area (Å²) in [5, 5.41) is 5.44. The van der Waals surface area contributed by atoms with Gasteiger partial charge in [0.25, 0.3) is 0 Å². The van der Waals surface area contributed by atoms with Gasteiger partial charge in [-0.25, -0.2) is 4.79 Å². The molecule has 2 amide bonds. The molecule has 2 heterocycles. The number of ether oxygens (including phenoxy) is 1. The number of alkyl halides is 3. The van der Waals surface area contributed by atoms with Crippen LogP contribution in [0.5, 0.6) is 0 Å². The van der Waals surface area contributed by atoms with E-state index in [9.17, 15) is 22.8 Å². The van der Waals surface area contributed by atoms with Crippen LogP contribution in [-0.2, 0) is 16.1 Å². The Morgan fingerprint density at radius 3 is 2.53 bits per heavy atom. The molecule has 2 aliphatic rings. The molecule has 1 aromatic rings. The molecule has 0 aliphatic carbocycles. The maximum Gasteiger partial charge on any atom is 0.416 e. The number of allylic oxidation sites excluding steroid dienone is 3. The molecule has 2 aliphatic heterocycles. The van der Waals surface area contributed by atoms with Crippen molar-refractivity contribution in [2.75, 3.05) is 49.9 Å². The van der Waals surface area contributed by atoms with Gasteiger partial charge in [0.2, 0.25) is 5.91 Å². The van der Waals surface area contributed by atoms with E-state index >= 15 is 0 Å². The minimum absolute atomic E-state index is 0.153. The van der Waals surface area contributed by atoms with E-state index < -0.39 is 17.8 Å². The summed E-state index contributed by atoms with van der Waals surface area (Å²) >= 11 is 0. The zero-order valence-corrected chi connectivity index (χ0v) is 19.3. The normalized spacial score (nSPS) is 17.3. The van der Waals surface area contributed by atoms with Gasteiger partial charge < -0.3 is 10.1 Å². The van der Waals surface area contributed by atoms with E-state index in [2.05, 4.69) is 28.7 Å². The third kappa shape index (κ3) is 8.35. The average Bonchev–Trinajstić information content (AvgIpc) is 2.80. The number of hydrogen-bond donors (Lipinski definition) is 2. The van der Waals surface area contributed by atoms with E-state index in [1.165, 1.54) is 6.08 Å². The number of amides is 2. The number of nitrogens with one attached hydrogen (secondary N) is 2. The zero-order chi connectivity index (χ0) is 25.1. The number of fused-ring (bicyclic) bond motifs is 1. The topological polar surface area (TPSA) is 73.9 Å². The van der Waals surface area contributed by atoms with Gasteiger partial charge in [-0.3, -0.25) is 19.9 Å². The minimum Gasteiger partial charge on any atom is -0.444 e. The molecule has 0 spiro atoms. The highest BCUT2D eigenvalue weighted by molar-refractivity contribution is 5.93. The van der Waals surface area contributed by atoms with Crippen molar-refractivity contribution in [1.82, 2.24) is 9.80 Å². The number of rotatable bonds is 7. The Kier molecular flexibility index (Phi) is 10.3. The summed E-state index contributed by atoms with van der Waals surface area (Å²) in [6.45, 7) is 11.1. The van der Waals surface area contributed by atoms with Gasteiger partial charge in [-0.15, -0.1) is 13.2 Å². The van der Waals surface area contributed by atoms with Gasteiger partial charge in [0, 0.05) is 44.0 Å². The lowest BCUT2D eigenvalue weighted by atomic mass is 10.1. The number of carbonyl (C=O) groups is 2. The van der Waals surface area contributed by atoms with Crippen LogP contribution in [0.25, 0.3) is 0 Å². The molecule has 2 N–H and O–H groups in total. The van der Waals surface area contributed by atoms with Crippen molar-refractivity contribution in [3.05, 3.63) is 60.7 Å². The largest absolute Gasteiger partial charge is 0.444 e. The van der Waals surface area contributed by atoms with Crippen LogP contribution >= 0.6 is 0 Å². The summed E-state index contributed by atoms with van der Waals surface area (Å²) in [5.41, 5.74) is 1.45. The minimum atomic E-state index is -4.34. The predicted molar refractivity (Wildman–Crippen MR) is 127 cm³/mol. The smallest absolute Gasteiger partial charge is 0.416 e. The fourth-order valence-electron chi connectivity index (χ4n) is 3.56. The van der Waals surface area contributed by atoms with Crippen LogP contribution in [0, 0.1) is 0 Å². The summed E-state index contributed by atoms with van der Waals surface area (Å²) in [4.78, 5) is 27.7. The maximum absolute atomic E-state index is 12.9. The van der Waals surface area contributed by atoms with E-state index in [-0.39, 0.29) is 19.1 Å². The lowest BCUT2D eigenvalue weighted by Crippen LogP contribution is -2.48. The molecule has 0 radical (unpaired) electrons. The number of carbonyl (C=O) groups excluding carboxylic acids is 2. The fraction of sp³-hybridized carbons (Fsp3) is 0.417. The van der Waals surface area contributed by atoms with Crippen LogP contribution in [0.4, 0.5) is 29.3 Å². The van der Waals surface area contributed by atoms with Gasteiger partial charge in [-0.1, -0.05) is 25.2 Å². The summed E-state index contributed by atoms with van der Waals surface area (Å²) in [6, 6.07) is 5.20. The van der Waals surface area contributed by atoms with Crippen molar-refractivity contribution in [3.8, 4) is 0 Å². The zero-order valence-electron chi connectivity index (χ0n) is 19.3. The summed E-state index contributed by atoms with van der Waals surface area (Å²) in [7, 11) is 0. The first-order valence-electron chi connectivity index (χ1n) is 11.0. The molecule has 34 heavy (non-hydrogen) atoms. The Bertz CT molecular complexity index is 907. The molecule has 1 aromatic carbocycles. The SMILES string of the molecule is C=C.CC/C=C(\C=C/CN1CCN(CC(=O)Nc2ccc3c(c2)COC(=O)N3)CC1)C(F)(F)F. The monoisotopic (exact) mass is 480 g/mol. The highest BCUT2D eigenvalue weighted by Crippen LogP contribution is 2.27. The van der Waals surface area contributed by atoms with Crippen LogP contribution < -0.4 is 10.6 Å². The Labute approximate surface area is 197 Å². The van der Waals surface area contributed by atoms with Crippen LogP contribution in [0.1, 0.15) is 18.9 Å². The van der Waals surface area contributed by atoms with Crippen molar-refractivity contribution >= 4 is 23.4 Å². The number of benzene rings is 1. The van der Waals surface area contributed by atoms with Gasteiger partial charge in [0.15, 0.2) is 0 Å². The molecule has 0 atom stereocenters. The van der Waals surface area contributed by atoms with Crippen LogP contribution in [0.15, 0.2) is 55.2 Å². The molecule has 1 fully saturated rings. The van der Waals surface area contributed by atoms with Gasteiger partial charge in [0.05, 0.1) is 17.8 Å². The second-order valence-electron chi connectivity index (χ2n) is 7.67. The van der Waals surface area contributed by atoms with Gasteiger partial charge in [-0.05, 0) is 24.6 Å². The molecule has 3 rings (SSSR count). The molecule has 0 saturated carbocycles. The van der Waals surface area contributed by atoms with E-state index in [0.29, 0.717) is 50.5 Å². The second-order valence-corrected chi connectivity index (χ2v) is 7.67. The Balaban J connectivity index is 0.00000199. The van der Waals surface area contributed by atoms with Crippen molar-refractivity contribution in [1.29, 1.82) is 0 Å². The number of nitrogens with zero attached hydrogens (tertiary/aromatic N) is 2. The van der Waals surface area contributed by atoms with E-state index in [1.54, 1.807) is 31.2 Å². The predicted octanol–water partition coefficient (Wildman–Crippen LogP) is 4.56. The van der Waals surface area contributed by atoms with E-state index in [1.807, 2.05) is 4.90 Å². The number of piperazine rings is 1. The molecule has 7 nitrogen and oxygen atoms in total. The Morgan fingerprint density at radius 2 is 1.88 bits per heavy atom. The quantitative estimate of drug-likeness (QED) is 0.442. The third-order valence-electron chi connectivity index (χ3n) is 5.23. The standard InChI is InChI=1S/C22H27F3N4O3.C2H4/c1-2-4-17(22(23,24)25)5-3-8-28-9-11-29(12-10-28)14-20(30)26-18-6-7-19-16(13-18)15-32-21(31)27-19;1-2/h3-7,13H,2,8-12,14-15H2,1H3,(H,26,30)(H,27,31);1-2H2/b5-3-,17-4+;. The van der Waals surface area contributed by atoms with Crippen LogP contribution in [0.2, 0.25) is 0 Å². The highest BCUT2D eigenvalue weighted by Gasteiger charge is 2.31. The van der Waals surface area contributed by atoms with Crippen molar-refractivity contribution in [2.45, 2.75) is 26.1 Å². The first-order valence-corrected chi connectivity index (χ1v) is 11.0. The van der Waals surface area contributed by atoms with Crippen LogP contribution in [-0.4, -0.2) is 67.2 Å². The summed E-state index contributed by atoms with van der Waals surface area (Å²) < 4.78 is 43.6. The van der Waals surface area contributed by atoms with Gasteiger partial charge in [0.1, 0.15) is 6.61 Å². The van der Waals surface area contributed by atoms with E-state index in [0.717, 1.165) is 11.6 Å². The first kappa shape index (κ1) is 27.1. The lowest BCUT2D eigenvalue weighted by Gasteiger charge is -2.33. The molecular formula is C24H31F3N4O3. The molecule has 0 unspecified atom stereocenters. The average molecular weight is 481 g/mol. The van der Waals surface area contributed by atoms with Gasteiger partial charge >= 0.3 is 12.3 Å². The van der Waals surface area contributed by atoms with Crippen molar-refractivity contribution in [2.24, 2.45) is 0 Å². The molecule has 186 valence electrons. The molecular weight excluding hydrogens is 449 g/mol. The van der Waals surface area contributed by atoms with Crippen molar-refractivity contribution in [3.63, 3.8) is 0 Å². The lowest BCUT2D eigenvalue weighted by molar-refractivity contribution is -0.117. The summed E-state index contributed by atoms with van der Waals surface area (Å²) in [6.07, 6.45) is -0.647. The first-order chi connectivity index (χ1) is 16.2. The number of halogens is 3. The fourth-order valence-corrected chi connectivity index (χ4v) is 3.56. The van der Waals surface area contributed by atoms with E-state index in [4.69, 9.17) is 4.74 Å². The maximum atomic E-state index is 12.9. The van der Waals surface area contributed by atoms with Crippen molar-refractivity contribution < 1.29 is 27.5 Å². The van der Waals surface area contributed by atoms with Gasteiger partial charge in [-0.2, -0.15) is 13.2 Å². The summed E-state index contributed by atoms with van der Waals surface area (Å²) in [5.74, 6) is -0.154. The number of cyclic esters (lactones) is 1. The number of hydrogen-bond acceptors (Lipinski definition) is 5. The van der Waals surface area contributed by atoms with Crippen LogP contribution in [0.3, 0.4) is 0 Å². The third-order valence-corrected chi connectivity index (χ3v) is 5.23. The molecule has 1 saturated heterocycles. The molecule has 10 heteroatoms. The molecule has 0 bridgehead atoms. The molecule has 0 aromatic heterocycles. The Morgan fingerprint density at radius 1 is 1.21 bits per heavy atom.